The zero-order valence-corrected chi connectivity index (χ0v) is 10.8. The van der Waals surface area contributed by atoms with Gasteiger partial charge in [0.15, 0.2) is 5.78 Å². The van der Waals surface area contributed by atoms with E-state index in [2.05, 4.69) is 15.5 Å². The first kappa shape index (κ1) is 10.9. The molecule has 0 bridgehead atoms. The van der Waals surface area contributed by atoms with Crippen LogP contribution in [0.4, 0.5) is 0 Å². The van der Waals surface area contributed by atoms with Gasteiger partial charge in [-0.15, -0.1) is 0 Å². The third-order valence-corrected chi connectivity index (χ3v) is 17.0. The predicted molar refractivity (Wildman–Crippen MR) is 59.1 cm³/mol. The molecule has 0 radical (unpaired) electrons. The maximum absolute atomic E-state index is 10.4. The highest BCUT2D eigenvalue weighted by Crippen LogP contribution is 2.64. The first-order valence-corrected chi connectivity index (χ1v) is 12.3. The fourth-order valence-corrected chi connectivity index (χ4v) is 18.3. The summed E-state index contributed by atoms with van der Waals surface area (Å²) in [6.45, 7) is 2.60. The molecule has 4 atom stereocenters. The summed E-state index contributed by atoms with van der Waals surface area (Å²) in [4.78, 5) is 10.4. The molecule has 0 fully saturated rings. The molecular formula is C3H10BrOP4+. The summed E-state index contributed by atoms with van der Waals surface area (Å²) in [7, 11) is 2.61. The van der Waals surface area contributed by atoms with E-state index in [1.807, 2.05) is 0 Å². The van der Waals surface area contributed by atoms with Crippen LogP contribution in [-0.4, -0.2) is 11.9 Å². The Morgan fingerprint density at radius 3 is 2.89 bits per heavy atom. The van der Waals surface area contributed by atoms with Gasteiger partial charge in [-0.2, -0.15) is 0 Å². The molecule has 0 aliphatic carbocycles. The lowest BCUT2D eigenvalue weighted by Gasteiger charge is -1.87. The summed E-state index contributed by atoms with van der Waals surface area (Å²) in [6.07, 6.45) is 0.864. The van der Waals surface area contributed by atoms with Gasteiger partial charge in [0, 0.05) is 8.27 Å². The van der Waals surface area contributed by atoms with Crippen molar-refractivity contribution >= 4 is 52.4 Å². The number of rotatable bonds is 5. The maximum atomic E-state index is 10.4. The van der Waals surface area contributed by atoms with E-state index < -0.39 is 0 Å². The van der Waals surface area contributed by atoms with E-state index >= 15 is 0 Å². The second-order valence-electron chi connectivity index (χ2n) is 1.47. The molecule has 0 aromatic carbocycles. The Labute approximate surface area is 70.5 Å². The summed E-state index contributed by atoms with van der Waals surface area (Å²) in [5.41, 5.74) is 0. The van der Waals surface area contributed by atoms with Gasteiger partial charge in [0.25, 0.3) is 0 Å². The Bertz CT molecular complexity index is 87.9. The third-order valence-electron chi connectivity index (χ3n) is 0.611. The van der Waals surface area contributed by atoms with Crippen LogP contribution >= 0.6 is 46.6 Å². The van der Waals surface area contributed by atoms with Crippen molar-refractivity contribution in [3.8, 4) is 0 Å². The lowest BCUT2D eigenvalue weighted by Crippen LogP contribution is -1.87. The second kappa shape index (κ2) is 7.97. The third kappa shape index (κ3) is 9.87. The molecule has 0 aromatic heterocycles. The lowest BCUT2D eigenvalue weighted by molar-refractivity contribution is -0.114. The van der Waals surface area contributed by atoms with Crippen LogP contribution in [0.3, 0.4) is 0 Å². The SMILES string of the molecule is CC(=O)C[PH2+]PPPBr. The molecule has 0 heterocycles. The molecule has 54 valence electrons. The van der Waals surface area contributed by atoms with Crippen molar-refractivity contribution in [1.29, 1.82) is 0 Å². The number of ketones is 1. The van der Waals surface area contributed by atoms with E-state index in [4.69, 9.17) is 0 Å². The molecule has 0 rings (SSSR count). The monoisotopic (exact) mass is 265 g/mol. The molecule has 0 saturated heterocycles. The highest BCUT2D eigenvalue weighted by atomic mass is 79.9. The normalized spacial score (nSPS) is 14.9. The predicted octanol–water partition coefficient (Wildman–Crippen LogP) is 3.08. The van der Waals surface area contributed by atoms with Crippen molar-refractivity contribution in [3.05, 3.63) is 0 Å². The average Bonchev–Trinajstić information content (AvgIpc) is 1.80. The molecule has 0 spiro atoms. The average molecular weight is 266 g/mol. The summed E-state index contributed by atoms with van der Waals surface area (Å²) in [5.74, 6) is 0.361. The van der Waals surface area contributed by atoms with E-state index in [9.17, 15) is 4.79 Å². The number of hydrogen-bond donors (Lipinski definition) is 0. The van der Waals surface area contributed by atoms with Crippen molar-refractivity contribution in [1.82, 2.24) is 0 Å². The Morgan fingerprint density at radius 1 is 1.78 bits per heavy atom. The van der Waals surface area contributed by atoms with Gasteiger partial charge < -0.3 is 0 Å². The van der Waals surface area contributed by atoms with Crippen LogP contribution in [0.5, 0.6) is 0 Å². The fraction of sp³-hybridized carbons (Fsp3) is 0.667. The molecule has 0 N–H and O–H groups in total. The van der Waals surface area contributed by atoms with E-state index in [0.29, 0.717) is 14.1 Å². The van der Waals surface area contributed by atoms with Gasteiger partial charge in [-0.3, -0.25) is 4.79 Å². The highest BCUT2D eigenvalue weighted by molar-refractivity contribution is 9.43. The number of hydrogen-bond acceptors (Lipinski definition) is 1. The van der Waals surface area contributed by atoms with E-state index in [1.54, 1.807) is 6.92 Å². The van der Waals surface area contributed by atoms with Crippen molar-refractivity contribution in [3.63, 3.8) is 0 Å². The van der Waals surface area contributed by atoms with Gasteiger partial charge in [0.05, 0.1) is 7.96 Å². The van der Waals surface area contributed by atoms with Gasteiger partial charge in [0.2, 0.25) is 0 Å². The molecule has 0 aliphatic heterocycles. The zero-order valence-electron chi connectivity index (χ0n) is 5.07. The van der Waals surface area contributed by atoms with Crippen LogP contribution in [-0.2, 0) is 4.79 Å². The molecule has 6 heteroatoms. The van der Waals surface area contributed by atoms with E-state index in [1.165, 1.54) is 0 Å². The van der Waals surface area contributed by atoms with Crippen molar-refractivity contribution in [2.75, 3.05) is 6.16 Å². The lowest BCUT2D eigenvalue weighted by atomic mass is 10.5. The van der Waals surface area contributed by atoms with Gasteiger partial charge in [-0.1, -0.05) is 15.5 Å². The van der Waals surface area contributed by atoms with Crippen LogP contribution in [0.15, 0.2) is 0 Å². The van der Waals surface area contributed by atoms with Crippen molar-refractivity contribution < 1.29 is 4.79 Å². The molecule has 0 saturated carbocycles. The molecule has 0 aliphatic rings. The summed E-state index contributed by atoms with van der Waals surface area (Å²) < 4.78 is 0. The van der Waals surface area contributed by atoms with Crippen LogP contribution < -0.4 is 0 Å². The number of Topliss-reactive ketones (excluding diaryl/α,β-unsaturated/α-hetero) is 1. The van der Waals surface area contributed by atoms with Gasteiger partial charge in [0.1, 0.15) is 6.16 Å². The standard InChI is InChI=1S/C3H9BrOP4/c1-3(5)2-6-8-9-7-4/h6-9H,2H2,1H3/p+1. The molecule has 9 heavy (non-hydrogen) atoms. The first-order chi connectivity index (χ1) is 4.27. The summed E-state index contributed by atoms with van der Waals surface area (Å²) in [6, 6.07) is 0. The number of carbonyl (C=O) groups excluding carboxylic acids is 1. The maximum Gasteiger partial charge on any atom is 0.166 e. The molecule has 1 nitrogen and oxygen atoms in total. The number of halogens is 1. The van der Waals surface area contributed by atoms with Gasteiger partial charge in [-0.25, -0.2) is 0 Å². The Hall–Kier alpha value is 1.87. The highest BCUT2D eigenvalue weighted by Gasteiger charge is 1.97. The molecule has 4 unspecified atom stereocenters. The Morgan fingerprint density at radius 2 is 2.44 bits per heavy atom. The smallest absolute Gasteiger partial charge is 0.166 e. The molecule has 0 amide bonds. The molecule has 0 aromatic rings. The minimum Gasteiger partial charge on any atom is -0.296 e. The second-order valence-corrected chi connectivity index (χ2v) is 14.8. The fourth-order valence-electron chi connectivity index (χ4n) is 0.273. The minimum absolute atomic E-state index is 0.361. The summed E-state index contributed by atoms with van der Waals surface area (Å²) >= 11 is 3.39. The van der Waals surface area contributed by atoms with Crippen molar-refractivity contribution in [2.45, 2.75) is 6.92 Å². The summed E-state index contributed by atoms with van der Waals surface area (Å²) in [5, 5.41) is 0. The van der Waals surface area contributed by atoms with Crippen LogP contribution in [0.2, 0.25) is 0 Å². The van der Waals surface area contributed by atoms with Crippen LogP contribution in [0.1, 0.15) is 6.92 Å². The van der Waals surface area contributed by atoms with E-state index in [-0.39, 0.29) is 0 Å². The van der Waals surface area contributed by atoms with Crippen LogP contribution in [0.25, 0.3) is 0 Å². The van der Waals surface area contributed by atoms with Gasteiger partial charge in [-0.05, 0) is 21.9 Å². The molecular weight excluding hydrogens is 256 g/mol. The Balaban J connectivity index is 2.83. The van der Waals surface area contributed by atoms with Crippen LogP contribution in [0, 0.1) is 0 Å². The number of carbonyl (C=O) groups is 1. The first-order valence-electron chi connectivity index (χ1n) is 2.44. The van der Waals surface area contributed by atoms with Crippen molar-refractivity contribution in [2.24, 2.45) is 0 Å². The topological polar surface area (TPSA) is 17.1 Å². The quantitative estimate of drug-likeness (QED) is 0.552. The largest absolute Gasteiger partial charge is 0.296 e. The zero-order chi connectivity index (χ0) is 7.11. The minimum atomic E-state index is 0.361. The van der Waals surface area contributed by atoms with E-state index in [0.717, 1.165) is 29.0 Å². The van der Waals surface area contributed by atoms with Gasteiger partial charge >= 0.3 is 0 Å². The Kier molecular flexibility index (Phi) is 9.63.